The van der Waals surface area contributed by atoms with Crippen LogP contribution in [0.15, 0.2) is 51.4 Å². The number of hydrogen-bond donors (Lipinski definition) is 1. The van der Waals surface area contributed by atoms with E-state index in [1.54, 1.807) is 6.07 Å². The first kappa shape index (κ1) is 13.3. The number of aliphatic hydroxyl groups excluding tert-OH is 1. The predicted molar refractivity (Wildman–Crippen MR) is 79.1 cm³/mol. The number of aliphatic hydroxyl groups is 1. The SMILES string of the molecule is Cc1cccc2cc(C(O)c3ccc(F)cc3Br)oc12. The van der Waals surface area contributed by atoms with Crippen molar-refractivity contribution in [3.05, 3.63) is 69.6 Å². The molecule has 20 heavy (non-hydrogen) atoms. The van der Waals surface area contributed by atoms with Gasteiger partial charge in [-0.05, 0) is 30.7 Å². The Morgan fingerprint density at radius 3 is 2.70 bits per heavy atom. The number of rotatable bonds is 2. The first-order valence-electron chi connectivity index (χ1n) is 6.18. The summed E-state index contributed by atoms with van der Waals surface area (Å²) < 4.78 is 19.4. The summed E-state index contributed by atoms with van der Waals surface area (Å²) in [5.74, 6) is 0.0925. The van der Waals surface area contributed by atoms with Crippen LogP contribution in [0.25, 0.3) is 11.0 Å². The third-order valence-electron chi connectivity index (χ3n) is 3.29. The molecule has 0 bridgehead atoms. The van der Waals surface area contributed by atoms with E-state index in [0.717, 1.165) is 16.5 Å². The summed E-state index contributed by atoms with van der Waals surface area (Å²) in [6.45, 7) is 1.95. The third-order valence-corrected chi connectivity index (χ3v) is 3.97. The molecule has 1 atom stereocenters. The lowest BCUT2D eigenvalue weighted by Crippen LogP contribution is -1.99. The van der Waals surface area contributed by atoms with E-state index in [9.17, 15) is 9.50 Å². The van der Waals surface area contributed by atoms with Crippen molar-refractivity contribution >= 4 is 26.9 Å². The Morgan fingerprint density at radius 1 is 1.20 bits per heavy atom. The van der Waals surface area contributed by atoms with Crippen molar-refractivity contribution < 1.29 is 13.9 Å². The van der Waals surface area contributed by atoms with E-state index in [1.165, 1.54) is 12.1 Å². The number of aryl methyl sites for hydroxylation is 1. The Morgan fingerprint density at radius 2 is 2.00 bits per heavy atom. The van der Waals surface area contributed by atoms with Gasteiger partial charge in [-0.25, -0.2) is 4.39 Å². The van der Waals surface area contributed by atoms with Crippen molar-refractivity contribution in [3.63, 3.8) is 0 Å². The Hall–Kier alpha value is -1.65. The highest BCUT2D eigenvalue weighted by Gasteiger charge is 2.19. The fraction of sp³-hybridized carbons (Fsp3) is 0.125. The molecule has 102 valence electrons. The largest absolute Gasteiger partial charge is 0.458 e. The fourth-order valence-electron chi connectivity index (χ4n) is 2.24. The predicted octanol–water partition coefficient (Wildman–Crippen LogP) is 4.72. The highest BCUT2D eigenvalue weighted by atomic mass is 79.9. The van der Waals surface area contributed by atoms with Gasteiger partial charge in [0.05, 0.1) is 0 Å². The molecule has 3 rings (SSSR count). The lowest BCUT2D eigenvalue weighted by molar-refractivity contribution is 0.191. The molecular weight excluding hydrogens is 323 g/mol. The minimum absolute atomic E-state index is 0.353. The molecule has 0 amide bonds. The van der Waals surface area contributed by atoms with Gasteiger partial charge < -0.3 is 9.52 Å². The average molecular weight is 335 g/mol. The van der Waals surface area contributed by atoms with Gasteiger partial charge in [-0.3, -0.25) is 0 Å². The Labute approximate surface area is 124 Å². The number of benzene rings is 2. The molecule has 1 N–H and O–H groups in total. The highest BCUT2D eigenvalue weighted by molar-refractivity contribution is 9.10. The van der Waals surface area contributed by atoms with Crippen LogP contribution in [0.3, 0.4) is 0 Å². The van der Waals surface area contributed by atoms with Gasteiger partial charge in [0.25, 0.3) is 0 Å². The monoisotopic (exact) mass is 334 g/mol. The maximum atomic E-state index is 13.1. The minimum atomic E-state index is -0.934. The van der Waals surface area contributed by atoms with Crippen LogP contribution in [0.5, 0.6) is 0 Å². The molecule has 2 aromatic carbocycles. The lowest BCUT2D eigenvalue weighted by atomic mass is 10.1. The Balaban J connectivity index is 2.08. The smallest absolute Gasteiger partial charge is 0.138 e. The normalized spacial score (nSPS) is 12.8. The summed E-state index contributed by atoms with van der Waals surface area (Å²) in [7, 11) is 0. The molecule has 4 heteroatoms. The number of para-hydroxylation sites is 1. The second-order valence-corrected chi connectivity index (χ2v) is 5.56. The maximum Gasteiger partial charge on any atom is 0.138 e. The van der Waals surface area contributed by atoms with Crippen LogP contribution < -0.4 is 0 Å². The summed E-state index contributed by atoms with van der Waals surface area (Å²) in [4.78, 5) is 0. The van der Waals surface area contributed by atoms with Crippen LogP contribution in [0.4, 0.5) is 4.39 Å². The molecule has 0 spiro atoms. The zero-order valence-corrected chi connectivity index (χ0v) is 12.3. The first-order chi connectivity index (χ1) is 9.56. The van der Waals surface area contributed by atoms with Crippen LogP contribution in [0, 0.1) is 12.7 Å². The molecule has 2 nitrogen and oxygen atoms in total. The van der Waals surface area contributed by atoms with Gasteiger partial charge in [-0.2, -0.15) is 0 Å². The number of fused-ring (bicyclic) bond motifs is 1. The van der Waals surface area contributed by atoms with Crippen molar-refractivity contribution in [2.75, 3.05) is 0 Å². The summed E-state index contributed by atoms with van der Waals surface area (Å²) in [5, 5.41) is 11.4. The maximum absolute atomic E-state index is 13.1. The van der Waals surface area contributed by atoms with Crippen LogP contribution in [0.1, 0.15) is 23.0 Å². The van der Waals surface area contributed by atoms with Crippen molar-refractivity contribution in [3.8, 4) is 0 Å². The Bertz CT molecular complexity index is 779. The summed E-state index contributed by atoms with van der Waals surface area (Å²) in [6, 6.07) is 11.8. The van der Waals surface area contributed by atoms with Gasteiger partial charge in [0.2, 0.25) is 0 Å². The first-order valence-corrected chi connectivity index (χ1v) is 6.97. The van der Waals surface area contributed by atoms with E-state index in [2.05, 4.69) is 15.9 Å². The van der Waals surface area contributed by atoms with Gasteiger partial charge >= 0.3 is 0 Å². The van der Waals surface area contributed by atoms with E-state index in [0.29, 0.717) is 15.8 Å². The van der Waals surface area contributed by atoms with Gasteiger partial charge in [0, 0.05) is 15.4 Å². The molecule has 3 aromatic rings. The van der Waals surface area contributed by atoms with Crippen molar-refractivity contribution in [1.29, 1.82) is 0 Å². The lowest BCUT2D eigenvalue weighted by Gasteiger charge is -2.10. The second-order valence-electron chi connectivity index (χ2n) is 4.71. The molecule has 0 fully saturated rings. The topological polar surface area (TPSA) is 33.4 Å². The van der Waals surface area contributed by atoms with Crippen LogP contribution >= 0.6 is 15.9 Å². The number of hydrogen-bond acceptors (Lipinski definition) is 2. The molecule has 0 saturated carbocycles. The minimum Gasteiger partial charge on any atom is -0.458 e. The molecule has 1 heterocycles. The van der Waals surface area contributed by atoms with Crippen molar-refractivity contribution in [2.24, 2.45) is 0 Å². The van der Waals surface area contributed by atoms with Gasteiger partial charge in [0.1, 0.15) is 23.3 Å². The van der Waals surface area contributed by atoms with Gasteiger partial charge in [-0.15, -0.1) is 0 Å². The summed E-state index contributed by atoms with van der Waals surface area (Å²) in [5.41, 5.74) is 2.35. The summed E-state index contributed by atoms with van der Waals surface area (Å²) >= 11 is 3.26. The number of halogens is 2. The molecular formula is C16H12BrFO2. The van der Waals surface area contributed by atoms with Crippen molar-refractivity contribution in [2.45, 2.75) is 13.0 Å². The van der Waals surface area contributed by atoms with Crippen LogP contribution in [0.2, 0.25) is 0 Å². The zero-order valence-electron chi connectivity index (χ0n) is 10.7. The third kappa shape index (κ3) is 2.25. The Kier molecular flexibility index (Phi) is 3.36. The fourth-order valence-corrected chi connectivity index (χ4v) is 2.81. The number of furan rings is 1. The summed E-state index contributed by atoms with van der Waals surface area (Å²) in [6.07, 6.45) is -0.934. The second kappa shape index (κ2) is 5.04. The van der Waals surface area contributed by atoms with E-state index in [1.807, 2.05) is 31.2 Å². The molecule has 0 aliphatic rings. The average Bonchev–Trinajstić information content (AvgIpc) is 2.83. The molecule has 0 aliphatic heterocycles. The molecule has 0 radical (unpaired) electrons. The molecule has 1 unspecified atom stereocenters. The highest BCUT2D eigenvalue weighted by Crippen LogP contribution is 2.33. The van der Waals surface area contributed by atoms with Crippen LogP contribution in [-0.2, 0) is 0 Å². The quantitative estimate of drug-likeness (QED) is 0.735. The van der Waals surface area contributed by atoms with E-state index in [-0.39, 0.29) is 5.82 Å². The standard InChI is InChI=1S/C16H12BrFO2/c1-9-3-2-4-10-7-14(20-16(9)10)15(19)12-6-5-11(18)8-13(12)17/h2-8,15,19H,1H3. The zero-order chi connectivity index (χ0) is 14.3. The van der Waals surface area contributed by atoms with Crippen LogP contribution in [-0.4, -0.2) is 5.11 Å². The van der Waals surface area contributed by atoms with Gasteiger partial charge in [0.15, 0.2) is 0 Å². The molecule has 0 saturated heterocycles. The van der Waals surface area contributed by atoms with E-state index in [4.69, 9.17) is 4.42 Å². The van der Waals surface area contributed by atoms with E-state index < -0.39 is 6.10 Å². The van der Waals surface area contributed by atoms with Crippen molar-refractivity contribution in [1.82, 2.24) is 0 Å². The molecule has 1 aromatic heterocycles. The van der Waals surface area contributed by atoms with Gasteiger partial charge in [-0.1, -0.05) is 40.2 Å². The van der Waals surface area contributed by atoms with E-state index >= 15 is 0 Å². The molecule has 0 aliphatic carbocycles.